The first-order valence-electron chi connectivity index (χ1n) is 6.96. The number of aryl methyl sites for hydroxylation is 1. The predicted molar refractivity (Wildman–Crippen MR) is 89.3 cm³/mol. The van der Waals surface area contributed by atoms with Gasteiger partial charge in [-0.15, -0.1) is 11.3 Å². The molecule has 0 atom stereocenters. The lowest BCUT2D eigenvalue weighted by atomic mass is 10.1. The molecule has 0 amide bonds. The molecule has 0 aliphatic rings. The van der Waals surface area contributed by atoms with E-state index in [2.05, 4.69) is 10.1 Å². The van der Waals surface area contributed by atoms with Gasteiger partial charge in [-0.25, -0.2) is 9.50 Å². The molecule has 108 valence electrons. The lowest BCUT2D eigenvalue weighted by Gasteiger charge is -2.06. The van der Waals surface area contributed by atoms with Gasteiger partial charge in [-0.2, -0.15) is 0 Å². The van der Waals surface area contributed by atoms with E-state index in [0.717, 1.165) is 21.7 Å². The Morgan fingerprint density at radius 2 is 1.95 bits per heavy atom. The summed E-state index contributed by atoms with van der Waals surface area (Å²) in [4.78, 5) is 18.6. The van der Waals surface area contributed by atoms with E-state index in [4.69, 9.17) is 0 Å². The summed E-state index contributed by atoms with van der Waals surface area (Å²) in [5.41, 5.74) is 3.82. The van der Waals surface area contributed by atoms with Crippen molar-refractivity contribution in [2.45, 2.75) is 6.92 Å². The summed E-state index contributed by atoms with van der Waals surface area (Å²) in [6.07, 6.45) is 1.84. The predicted octanol–water partition coefficient (Wildman–Crippen LogP) is 3.73. The third-order valence-corrected chi connectivity index (χ3v) is 4.60. The lowest BCUT2D eigenvalue weighted by Crippen LogP contribution is -2.19. The molecule has 0 radical (unpaired) electrons. The first-order chi connectivity index (χ1) is 10.8. The Morgan fingerprint density at radius 3 is 2.68 bits per heavy atom. The SMILES string of the molecule is Cc1nc2c(-c3cccs3)c[nH]n2c(=O)c1-c1ccccc1. The van der Waals surface area contributed by atoms with Gasteiger partial charge in [0.05, 0.1) is 16.8 Å². The number of nitrogens with zero attached hydrogens (tertiary/aromatic N) is 2. The molecular formula is C17H13N3OS. The van der Waals surface area contributed by atoms with Gasteiger partial charge in [-0.3, -0.25) is 9.89 Å². The second-order valence-electron chi connectivity index (χ2n) is 5.07. The van der Waals surface area contributed by atoms with Gasteiger partial charge < -0.3 is 0 Å². The zero-order valence-electron chi connectivity index (χ0n) is 11.9. The van der Waals surface area contributed by atoms with Crippen molar-refractivity contribution in [1.82, 2.24) is 14.6 Å². The van der Waals surface area contributed by atoms with Crippen molar-refractivity contribution in [2.75, 3.05) is 0 Å². The minimum atomic E-state index is -0.0727. The number of thiophene rings is 1. The van der Waals surface area contributed by atoms with Crippen LogP contribution in [-0.4, -0.2) is 14.6 Å². The zero-order valence-corrected chi connectivity index (χ0v) is 12.7. The highest BCUT2D eigenvalue weighted by molar-refractivity contribution is 7.13. The molecule has 4 aromatic rings. The molecule has 1 N–H and O–H groups in total. The second kappa shape index (κ2) is 4.96. The standard InChI is InChI=1S/C17H13N3OS/c1-11-15(12-6-3-2-4-7-12)17(21)20-16(19-11)13(10-18-20)14-8-5-9-22-14/h2-10,18H,1H3. The number of benzene rings is 1. The summed E-state index contributed by atoms with van der Waals surface area (Å²) >= 11 is 1.63. The molecule has 0 fully saturated rings. The van der Waals surface area contributed by atoms with E-state index in [9.17, 15) is 4.79 Å². The molecule has 3 heterocycles. The molecular weight excluding hydrogens is 294 g/mol. The molecule has 0 saturated carbocycles. The number of rotatable bonds is 2. The summed E-state index contributed by atoms with van der Waals surface area (Å²) in [6.45, 7) is 1.88. The number of hydrogen-bond donors (Lipinski definition) is 1. The van der Waals surface area contributed by atoms with Crippen LogP contribution in [0.25, 0.3) is 27.2 Å². The van der Waals surface area contributed by atoms with Crippen molar-refractivity contribution in [3.8, 4) is 21.6 Å². The van der Waals surface area contributed by atoms with Gasteiger partial charge in [0.1, 0.15) is 0 Å². The monoisotopic (exact) mass is 307 g/mol. The van der Waals surface area contributed by atoms with Crippen LogP contribution in [0.1, 0.15) is 5.69 Å². The van der Waals surface area contributed by atoms with Crippen molar-refractivity contribution < 1.29 is 0 Å². The molecule has 22 heavy (non-hydrogen) atoms. The maximum absolute atomic E-state index is 12.8. The van der Waals surface area contributed by atoms with Crippen molar-refractivity contribution in [3.63, 3.8) is 0 Å². The van der Waals surface area contributed by atoms with E-state index in [1.807, 2.05) is 61.0 Å². The molecule has 0 unspecified atom stereocenters. The number of aromatic nitrogens is 3. The quantitative estimate of drug-likeness (QED) is 0.613. The second-order valence-corrected chi connectivity index (χ2v) is 6.01. The van der Waals surface area contributed by atoms with Crippen LogP contribution in [0.4, 0.5) is 0 Å². The molecule has 5 heteroatoms. The summed E-state index contributed by atoms with van der Waals surface area (Å²) < 4.78 is 1.52. The van der Waals surface area contributed by atoms with Crippen LogP contribution in [-0.2, 0) is 0 Å². The minimum Gasteiger partial charge on any atom is -0.296 e. The molecule has 4 rings (SSSR count). The van der Waals surface area contributed by atoms with Crippen molar-refractivity contribution in [1.29, 1.82) is 0 Å². The van der Waals surface area contributed by atoms with Crippen LogP contribution in [0.5, 0.6) is 0 Å². The van der Waals surface area contributed by atoms with Crippen LogP contribution < -0.4 is 5.56 Å². The summed E-state index contributed by atoms with van der Waals surface area (Å²) in [5, 5.41) is 5.05. The smallest absolute Gasteiger partial charge is 0.280 e. The Morgan fingerprint density at radius 1 is 1.14 bits per heavy atom. The van der Waals surface area contributed by atoms with Gasteiger partial charge in [0.15, 0.2) is 5.65 Å². The fourth-order valence-corrected chi connectivity index (χ4v) is 3.41. The minimum absolute atomic E-state index is 0.0727. The fourth-order valence-electron chi connectivity index (χ4n) is 2.67. The third-order valence-electron chi connectivity index (χ3n) is 3.69. The number of H-pyrrole nitrogens is 1. The summed E-state index contributed by atoms with van der Waals surface area (Å²) in [6, 6.07) is 13.7. The molecule has 0 saturated heterocycles. The molecule has 0 spiro atoms. The Hall–Kier alpha value is -2.66. The number of nitrogens with one attached hydrogen (secondary N) is 1. The average molecular weight is 307 g/mol. The maximum Gasteiger partial charge on any atom is 0.280 e. The van der Waals surface area contributed by atoms with Gasteiger partial charge in [0.2, 0.25) is 0 Å². The third kappa shape index (κ3) is 1.90. The van der Waals surface area contributed by atoms with Gasteiger partial charge in [0.25, 0.3) is 5.56 Å². The summed E-state index contributed by atoms with van der Waals surface area (Å²) in [7, 11) is 0. The first kappa shape index (κ1) is 13.0. The van der Waals surface area contributed by atoms with Crippen LogP contribution >= 0.6 is 11.3 Å². The molecule has 0 bridgehead atoms. The van der Waals surface area contributed by atoms with Crippen LogP contribution in [0, 0.1) is 6.92 Å². The maximum atomic E-state index is 12.8. The molecule has 0 aliphatic carbocycles. The number of aromatic amines is 1. The number of hydrogen-bond acceptors (Lipinski definition) is 3. The van der Waals surface area contributed by atoms with Gasteiger partial charge >= 0.3 is 0 Å². The van der Waals surface area contributed by atoms with E-state index in [0.29, 0.717) is 11.2 Å². The van der Waals surface area contributed by atoms with Gasteiger partial charge in [0, 0.05) is 11.1 Å². The highest BCUT2D eigenvalue weighted by Crippen LogP contribution is 2.28. The fraction of sp³-hybridized carbons (Fsp3) is 0.0588. The summed E-state index contributed by atoms with van der Waals surface area (Å²) in [5.74, 6) is 0. The first-order valence-corrected chi connectivity index (χ1v) is 7.84. The van der Waals surface area contributed by atoms with Gasteiger partial charge in [-0.05, 0) is 23.9 Å². The topological polar surface area (TPSA) is 50.2 Å². The highest BCUT2D eigenvalue weighted by Gasteiger charge is 2.16. The highest BCUT2D eigenvalue weighted by atomic mass is 32.1. The van der Waals surface area contributed by atoms with Crippen LogP contribution in [0.15, 0.2) is 58.8 Å². The van der Waals surface area contributed by atoms with Crippen molar-refractivity contribution in [2.24, 2.45) is 0 Å². The Balaban J connectivity index is 2.02. The molecule has 4 nitrogen and oxygen atoms in total. The Bertz CT molecular complexity index is 998. The Kier molecular flexibility index (Phi) is 2.94. The van der Waals surface area contributed by atoms with E-state index in [-0.39, 0.29) is 5.56 Å². The molecule has 0 aliphatic heterocycles. The molecule has 1 aromatic carbocycles. The van der Waals surface area contributed by atoms with E-state index >= 15 is 0 Å². The van der Waals surface area contributed by atoms with Gasteiger partial charge in [-0.1, -0.05) is 36.4 Å². The lowest BCUT2D eigenvalue weighted by molar-refractivity contribution is 0.893. The largest absolute Gasteiger partial charge is 0.296 e. The zero-order chi connectivity index (χ0) is 15.1. The number of fused-ring (bicyclic) bond motifs is 1. The van der Waals surface area contributed by atoms with Crippen LogP contribution in [0.3, 0.4) is 0 Å². The van der Waals surface area contributed by atoms with Crippen LogP contribution in [0.2, 0.25) is 0 Å². The molecule has 3 aromatic heterocycles. The average Bonchev–Trinajstić information content (AvgIpc) is 3.17. The Labute approximate surface area is 130 Å². The van der Waals surface area contributed by atoms with E-state index < -0.39 is 0 Å². The van der Waals surface area contributed by atoms with Crippen molar-refractivity contribution in [3.05, 3.63) is 70.1 Å². The van der Waals surface area contributed by atoms with E-state index in [1.54, 1.807) is 11.3 Å². The van der Waals surface area contributed by atoms with E-state index in [1.165, 1.54) is 4.52 Å². The normalized spacial score (nSPS) is 11.1. The van der Waals surface area contributed by atoms with Crippen molar-refractivity contribution >= 4 is 17.0 Å².